The van der Waals surface area contributed by atoms with Gasteiger partial charge in [-0.25, -0.2) is 4.79 Å². The number of halogens is 3. The molecule has 0 saturated heterocycles. The molecule has 0 unspecified atom stereocenters. The highest BCUT2D eigenvalue weighted by Gasteiger charge is 2.09. The largest absolute Gasteiger partial charge is 0.478 e. The highest BCUT2D eigenvalue weighted by molar-refractivity contribution is 6.36. The van der Waals surface area contributed by atoms with Crippen LogP contribution in [0.25, 0.3) is 11.1 Å². The summed E-state index contributed by atoms with van der Waals surface area (Å²) in [6.45, 7) is 0. The first-order valence-electron chi connectivity index (χ1n) is 4.96. The lowest BCUT2D eigenvalue weighted by atomic mass is 10.0. The van der Waals surface area contributed by atoms with Crippen LogP contribution in [0.1, 0.15) is 10.4 Å². The number of carbonyl (C=O) groups is 1. The lowest BCUT2D eigenvalue weighted by Crippen LogP contribution is -1.95. The van der Waals surface area contributed by atoms with Crippen molar-refractivity contribution in [3.63, 3.8) is 0 Å². The van der Waals surface area contributed by atoms with Crippen molar-refractivity contribution in [1.29, 1.82) is 0 Å². The van der Waals surface area contributed by atoms with Gasteiger partial charge in [-0.1, -0.05) is 40.9 Å². The van der Waals surface area contributed by atoms with Crippen molar-refractivity contribution in [3.8, 4) is 11.1 Å². The molecule has 0 fully saturated rings. The molecule has 2 aromatic rings. The molecule has 2 aromatic carbocycles. The van der Waals surface area contributed by atoms with E-state index in [0.717, 1.165) is 5.56 Å². The number of aromatic carboxylic acids is 1. The highest BCUT2D eigenvalue weighted by Crippen LogP contribution is 2.32. The van der Waals surface area contributed by atoms with Crippen LogP contribution in [0, 0.1) is 0 Å². The fourth-order valence-corrected chi connectivity index (χ4v) is 2.41. The summed E-state index contributed by atoms with van der Waals surface area (Å²) in [5, 5.41) is 10.2. The Balaban J connectivity index is 2.54. The maximum atomic E-state index is 10.8. The zero-order chi connectivity index (χ0) is 13.3. The predicted octanol–water partition coefficient (Wildman–Crippen LogP) is 5.01. The van der Waals surface area contributed by atoms with Crippen LogP contribution >= 0.6 is 34.8 Å². The normalized spacial score (nSPS) is 10.4. The summed E-state index contributed by atoms with van der Waals surface area (Å²) in [5.74, 6) is -1.02. The number of hydrogen-bond donors (Lipinski definition) is 1. The van der Waals surface area contributed by atoms with Crippen molar-refractivity contribution >= 4 is 40.8 Å². The fraction of sp³-hybridized carbons (Fsp3) is 0. The fourth-order valence-electron chi connectivity index (χ4n) is 1.59. The molecule has 2 rings (SSSR count). The lowest BCUT2D eigenvalue weighted by molar-refractivity contribution is 0.0697. The van der Waals surface area contributed by atoms with Crippen LogP contribution in [0.4, 0.5) is 0 Å². The monoisotopic (exact) mass is 300 g/mol. The Hall–Kier alpha value is -1.22. The number of hydrogen-bond acceptors (Lipinski definition) is 1. The number of carboxylic acids is 1. The molecule has 0 aromatic heterocycles. The first-order chi connectivity index (χ1) is 8.47. The van der Waals surface area contributed by atoms with Gasteiger partial charge in [0.25, 0.3) is 0 Å². The van der Waals surface area contributed by atoms with Crippen LogP contribution in [0.15, 0.2) is 36.4 Å². The minimum Gasteiger partial charge on any atom is -0.478 e. The van der Waals surface area contributed by atoms with E-state index in [9.17, 15) is 4.79 Å². The second kappa shape index (κ2) is 5.19. The topological polar surface area (TPSA) is 37.3 Å². The predicted molar refractivity (Wildman–Crippen MR) is 73.9 cm³/mol. The van der Waals surface area contributed by atoms with Gasteiger partial charge in [-0.05, 0) is 35.9 Å². The summed E-state index contributed by atoms with van der Waals surface area (Å²) in [7, 11) is 0. The van der Waals surface area contributed by atoms with Gasteiger partial charge in [-0.15, -0.1) is 0 Å². The molecule has 92 valence electrons. The summed E-state index contributed by atoms with van der Waals surface area (Å²) in [5.41, 5.74) is 1.57. The molecule has 0 aliphatic carbocycles. The van der Waals surface area contributed by atoms with E-state index in [1.165, 1.54) is 12.1 Å². The summed E-state index contributed by atoms with van der Waals surface area (Å²) in [4.78, 5) is 10.8. The lowest BCUT2D eigenvalue weighted by Gasteiger charge is -2.07. The molecule has 0 radical (unpaired) electrons. The standard InChI is InChI=1S/C13H7Cl3O2/c14-9-3-8(4-10(15)6-9)11-2-1-7(13(17)18)5-12(11)16/h1-6H,(H,17,18). The van der Waals surface area contributed by atoms with Gasteiger partial charge < -0.3 is 5.11 Å². The van der Waals surface area contributed by atoms with Gasteiger partial charge >= 0.3 is 5.97 Å². The molecular weight excluding hydrogens is 294 g/mol. The van der Waals surface area contributed by atoms with Crippen LogP contribution in [0.5, 0.6) is 0 Å². The van der Waals surface area contributed by atoms with E-state index < -0.39 is 5.97 Å². The second-order valence-corrected chi connectivity index (χ2v) is 4.94. The molecule has 0 spiro atoms. The molecule has 2 nitrogen and oxygen atoms in total. The average molecular weight is 302 g/mol. The molecule has 0 bridgehead atoms. The molecule has 1 N–H and O–H groups in total. The third-order valence-electron chi connectivity index (χ3n) is 2.39. The Morgan fingerprint density at radius 3 is 2.06 bits per heavy atom. The Morgan fingerprint density at radius 1 is 0.944 bits per heavy atom. The molecular formula is C13H7Cl3O2. The van der Waals surface area contributed by atoms with E-state index in [2.05, 4.69) is 0 Å². The molecule has 0 aliphatic rings. The summed E-state index contributed by atoms with van der Waals surface area (Å²) < 4.78 is 0. The first kappa shape index (κ1) is 13.2. The van der Waals surface area contributed by atoms with Crippen molar-refractivity contribution in [1.82, 2.24) is 0 Å². The van der Waals surface area contributed by atoms with Gasteiger partial charge in [0.05, 0.1) is 5.56 Å². The maximum Gasteiger partial charge on any atom is 0.335 e. The van der Waals surface area contributed by atoms with Crippen molar-refractivity contribution in [2.45, 2.75) is 0 Å². The van der Waals surface area contributed by atoms with Crippen molar-refractivity contribution in [2.24, 2.45) is 0 Å². The first-order valence-corrected chi connectivity index (χ1v) is 6.10. The van der Waals surface area contributed by atoms with E-state index >= 15 is 0 Å². The Labute approximate surface area is 119 Å². The molecule has 0 amide bonds. The van der Waals surface area contributed by atoms with Gasteiger partial charge in [-0.3, -0.25) is 0 Å². The van der Waals surface area contributed by atoms with Gasteiger partial charge in [0.15, 0.2) is 0 Å². The van der Waals surface area contributed by atoms with E-state index in [-0.39, 0.29) is 5.56 Å². The van der Waals surface area contributed by atoms with Crippen LogP contribution in [-0.2, 0) is 0 Å². The van der Waals surface area contributed by atoms with E-state index in [0.29, 0.717) is 20.6 Å². The van der Waals surface area contributed by atoms with E-state index in [1.54, 1.807) is 24.3 Å². The Kier molecular flexibility index (Phi) is 3.81. The zero-order valence-corrected chi connectivity index (χ0v) is 11.2. The molecule has 0 heterocycles. The smallest absolute Gasteiger partial charge is 0.335 e. The second-order valence-electron chi connectivity index (χ2n) is 3.66. The van der Waals surface area contributed by atoms with E-state index in [4.69, 9.17) is 39.9 Å². The summed E-state index contributed by atoms with van der Waals surface area (Å²) in [6.07, 6.45) is 0. The van der Waals surface area contributed by atoms with Gasteiger partial charge in [0, 0.05) is 20.6 Å². The molecule has 0 atom stereocenters. The van der Waals surface area contributed by atoms with Crippen LogP contribution in [0.3, 0.4) is 0 Å². The van der Waals surface area contributed by atoms with Crippen LogP contribution in [-0.4, -0.2) is 11.1 Å². The Bertz CT molecular complexity index is 603. The van der Waals surface area contributed by atoms with E-state index in [1.807, 2.05) is 0 Å². The average Bonchev–Trinajstić information content (AvgIpc) is 2.27. The zero-order valence-electron chi connectivity index (χ0n) is 8.95. The number of carboxylic acid groups (broad SMARTS) is 1. The molecule has 0 saturated carbocycles. The van der Waals surface area contributed by atoms with Crippen molar-refractivity contribution in [2.75, 3.05) is 0 Å². The minimum absolute atomic E-state index is 0.136. The van der Waals surface area contributed by atoms with Crippen LogP contribution < -0.4 is 0 Å². The highest BCUT2D eigenvalue weighted by atomic mass is 35.5. The SMILES string of the molecule is O=C(O)c1ccc(-c2cc(Cl)cc(Cl)c2)c(Cl)c1. The van der Waals surface area contributed by atoms with Gasteiger partial charge in [0.1, 0.15) is 0 Å². The quantitative estimate of drug-likeness (QED) is 0.846. The minimum atomic E-state index is -1.02. The van der Waals surface area contributed by atoms with Crippen molar-refractivity contribution < 1.29 is 9.90 Å². The number of rotatable bonds is 2. The maximum absolute atomic E-state index is 10.8. The van der Waals surface area contributed by atoms with Crippen molar-refractivity contribution in [3.05, 3.63) is 57.0 Å². The third kappa shape index (κ3) is 2.78. The van der Waals surface area contributed by atoms with Gasteiger partial charge in [-0.2, -0.15) is 0 Å². The molecule has 18 heavy (non-hydrogen) atoms. The Morgan fingerprint density at radius 2 is 1.56 bits per heavy atom. The third-order valence-corrected chi connectivity index (χ3v) is 3.14. The molecule has 0 aliphatic heterocycles. The summed E-state index contributed by atoms with van der Waals surface area (Å²) >= 11 is 17.9. The van der Waals surface area contributed by atoms with Crippen LogP contribution in [0.2, 0.25) is 15.1 Å². The number of benzene rings is 2. The van der Waals surface area contributed by atoms with Gasteiger partial charge in [0.2, 0.25) is 0 Å². The molecule has 5 heteroatoms. The summed E-state index contributed by atoms with van der Waals surface area (Å²) in [6, 6.07) is 9.57.